The Morgan fingerprint density at radius 3 is 3.07 bits per heavy atom. The second-order valence-corrected chi connectivity index (χ2v) is 5.44. The smallest absolute Gasteiger partial charge is 0.0733 e. The topological polar surface area (TPSA) is 21.3 Å². The van der Waals surface area contributed by atoms with Crippen molar-refractivity contribution in [2.24, 2.45) is 0 Å². The highest BCUT2D eigenvalue weighted by Gasteiger charge is 2.40. The number of rotatable bonds is 3. The van der Waals surface area contributed by atoms with E-state index in [4.69, 9.17) is 4.74 Å². The standard InChI is InChI=1S/C12H17NOS/c1-8(9-4-5-15-7-9)13-11-6-10-2-3-12(11)14-10/h4-5,7-8,10-13H,2-3,6H2,1H3. The third kappa shape index (κ3) is 1.84. The molecule has 2 aliphatic rings. The molecule has 2 saturated heterocycles. The van der Waals surface area contributed by atoms with Crippen LogP contribution in [-0.2, 0) is 4.74 Å². The maximum atomic E-state index is 5.84. The highest BCUT2D eigenvalue weighted by molar-refractivity contribution is 7.07. The van der Waals surface area contributed by atoms with Crippen LogP contribution in [0.15, 0.2) is 16.8 Å². The number of fused-ring (bicyclic) bond motifs is 2. The van der Waals surface area contributed by atoms with Crippen LogP contribution in [0.25, 0.3) is 0 Å². The summed E-state index contributed by atoms with van der Waals surface area (Å²) in [5, 5.41) is 8.07. The van der Waals surface area contributed by atoms with Gasteiger partial charge in [0.05, 0.1) is 12.2 Å². The van der Waals surface area contributed by atoms with Gasteiger partial charge in [0, 0.05) is 12.1 Å². The van der Waals surface area contributed by atoms with Crippen molar-refractivity contribution in [3.8, 4) is 0 Å². The quantitative estimate of drug-likeness (QED) is 0.850. The molecular formula is C12H17NOS. The molecule has 2 bridgehead atoms. The van der Waals surface area contributed by atoms with Crippen LogP contribution in [0.2, 0.25) is 0 Å². The molecule has 0 spiro atoms. The van der Waals surface area contributed by atoms with Gasteiger partial charge in [-0.2, -0.15) is 11.3 Å². The number of hydrogen-bond donors (Lipinski definition) is 1. The minimum atomic E-state index is 0.462. The van der Waals surface area contributed by atoms with Crippen LogP contribution in [0.4, 0.5) is 0 Å². The molecule has 2 aliphatic heterocycles. The molecule has 3 rings (SSSR count). The lowest BCUT2D eigenvalue weighted by Gasteiger charge is -2.24. The lowest BCUT2D eigenvalue weighted by atomic mass is 9.94. The van der Waals surface area contributed by atoms with Crippen molar-refractivity contribution in [3.63, 3.8) is 0 Å². The fourth-order valence-corrected chi connectivity index (χ4v) is 3.51. The maximum Gasteiger partial charge on any atom is 0.0733 e. The average Bonchev–Trinajstić information content (AvgIpc) is 2.95. The maximum absolute atomic E-state index is 5.84. The van der Waals surface area contributed by atoms with E-state index in [0.717, 1.165) is 0 Å². The minimum Gasteiger partial charge on any atom is -0.373 e. The highest BCUT2D eigenvalue weighted by Crippen LogP contribution is 2.35. The lowest BCUT2D eigenvalue weighted by molar-refractivity contribution is 0.0963. The Kier molecular flexibility index (Phi) is 2.54. The first-order chi connectivity index (χ1) is 7.33. The van der Waals surface area contributed by atoms with Crippen LogP contribution in [-0.4, -0.2) is 18.2 Å². The monoisotopic (exact) mass is 223 g/mol. The second-order valence-electron chi connectivity index (χ2n) is 4.66. The third-order valence-electron chi connectivity index (χ3n) is 3.61. The van der Waals surface area contributed by atoms with E-state index in [9.17, 15) is 0 Å². The highest BCUT2D eigenvalue weighted by atomic mass is 32.1. The van der Waals surface area contributed by atoms with Crippen molar-refractivity contribution >= 4 is 11.3 Å². The van der Waals surface area contributed by atoms with E-state index in [1.54, 1.807) is 11.3 Å². The Morgan fingerprint density at radius 2 is 2.47 bits per heavy atom. The Labute approximate surface area is 94.6 Å². The Hall–Kier alpha value is -0.380. The molecule has 0 saturated carbocycles. The SMILES string of the molecule is CC(NC1CC2CCC1O2)c1ccsc1. The predicted octanol–water partition coefficient (Wildman–Crippen LogP) is 2.72. The minimum absolute atomic E-state index is 0.462. The van der Waals surface area contributed by atoms with Gasteiger partial charge in [-0.15, -0.1) is 0 Å². The van der Waals surface area contributed by atoms with Crippen LogP contribution in [0, 0.1) is 0 Å². The molecule has 0 radical (unpaired) electrons. The van der Waals surface area contributed by atoms with Gasteiger partial charge in [0.25, 0.3) is 0 Å². The molecule has 82 valence electrons. The van der Waals surface area contributed by atoms with Crippen molar-refractivity contribution in [2.75, 3.05) is 0 Å². The molecule has 4 atom stereocenters. The molecule has 2 fully saturated rings. The van der Waals surface area contributed by atoms with Crippen LogP contribution >= 0.6 is 11.3 Å². The van der Waals surface area contributed by atoms with Crippen molar-refractivity contribution in [1.82, 2.24) is 5.32 Å². The zero-order valence-electron chi connectivity index (χ0n) is 8.98. The number of thiophene rings is 1. The molecular weight excluding hydrogens is 206 g/mol. The van der Waals surface area contributed by atoms with Gasteiger partial charge >= 0.3 is 0 Å². The summed E-state index contributed by atoms with van der Waals surface area (Å²) < 4.78 is 5.84. The molecule has 0 aromatic carbocycles. The first-order valence-corrected chi connectivity index (χ1v) is 6.71. The lowest BCUT2D eigenvalue weighted by Crippen LogP contribution is -2.38. The van der Waals surface area contributed by atoms with Gasteiger partial charge in [-0.3, -0.25) is 0 Å². The first-order valence-electron chi connectivity index (χ1n) is 5.76. The average molecular weight is 223 g/mol. The molecule has 2 nitrogen and oxygen atoms in total. The predicted molar refractivity (Wildman–Crippen MR) is 62.2 cm³/mol. The molecule has 3 heterocycles. The molecule has 0 amide bonds. The van der Waals surface area contributed by atoms with Gasteiger partial charge in [-0.25, -0.2) is 0 Å². The van der Waals surface area contributed by atoms with Crippen LogP contribution < -0.4 is 5.32 Å². The summed E-state index contributed by atoms with van der Waals surface area (Å²) in [6.07, 6.45) is 4.76. The molecule has 1 N–H and O–H groups in total. The van der Waals surface area contributed by atoms with Gasteiger partial charge in [0.15, 0.2) is 0 Å². The Bertz CT molecular complexity index is 324. The summed E-state index contributed by atoms with van der Waals surface area (Å²) in [5.41, 5.74) is 1.41. The van der Waals surface area contributed by atoms with Crippen LogP contribution in [0.1, 0.15) is 37.8 Å². The zero-order chi connectivity index (χ0) is 10.3. The first kappa shape index (κ1) is 9.82. The molecule has 1 aromatic rings. The number of hydrogen-bond acceptors (Lipinski definition) is 3. The van der Waals surface area contributed by atoms with Gasteiger partial charge in [-0.05, 0) is 48.6 Å². The summed E-state index contributed by atoms with van der Waals surface area (Å²) in [7, 11) is 0. The van der Waals surface area contributed by atoms with E-state index in [0.29, 0.717) is 24.3 Å². The van der Waals surface area contributed by atoms with Gasteiger partial charge < -0.3 is 10.1 Å². The van der Waals surface area contributed by atoms with E-state index in [1.165, 1.54) is 24.8 Å². The fraction of sp³-hybridized carbons (Fsp3) is 0.667. The molecule has 1 aromatic heterocycles. The van der Waals surface area contributed by atoms with E-state index in [1.807, 2.05) is 0 Å². The normalized spacial score (nSPS) is 35.9. The van der Waals surface area contributed by atoms with Crippen molar-refractivity contribution in [2.45, 2.75) is 50.5 Å². The second kappa shape index (κ2) is 3.89. The van der Waals surface area contributed by atoms with E-state index >= 15 is 0 Å². The van der Waals surface area contributed by atoms with Gasteiger partial charge in [0.1, 0.15) is 0 Å². The Morgan fingerprint density at radius 1 is 1.53 bits per heavy atom. The van der Waals surface area contributed by atoms with Gasteiger partial charge in [-0.1, -0.05) is 0 Å². The number of nitrogens with one attached hydrogen (secondary N) is 1. The summed E-state index contributed by atoms with van der Waals surface area (Å²) >= 11 is 1.77. The summed E-state index contributed by atoms with van der Waals surface area (Å²) in [6.45, 7) is 2.24. The summed E-state index contributed by atoms with van der Waals surface area (Å²) in [4.78, 5) is 0. The largest absolute Gasteiger partial charge is 0.373 e. The van der Waals surface area contributed by atoms with Crippen LogP contribution in [0.5, 0.6) is 0 Å². The molecule has 0 aliphatic carbocycles. The van der Waals surface area contributed by atoms with E-state index in [-0.39, 0.29) is 0 Å². The van der Waals surface area contributed by atoms with E-state index in [2.05, 4.69) is 29.1 Å². The van der Waals surface area contributed by atoms with Crippen molar-refractivity contribution in [1.29, 1.82) is 0 Å². The fourth-order valence-electron chi connectivity index (χ4n) is 2.75. The number of ether oxygens (including phenoxy) is 1. The third-order valence-corrected chi connectivity index (χ3v) is 4.31. The zero-order valence-corrected chi connectivity index (χ0v) is 9.80. The molecule has 3 heteroatoms. The molecule has 15 heavy (non-hydrogen) atoms. The van der Waals surface area contributed by atoms with E-state index < -0.39 is 0 Å². The van der Waals surface area contributed by atoms with Crippen molar-refractivity contribution in [3.05, 3.63) is 22.4 Å². The van der Waals surface area contributed by atoms with Crippen molar-refractivity contribution < 1.29 is 4.74 Å². The Balaban J connectivity index is 1.62. The van der Waals surface area contributed by atoms with Crippen LogP contribution in [0.3, 0.4) is 0 Å². The molecule has 4 unspecified atom stereocenters. The summed E-state index contributed by atoms with van der Waals surface area (Å²) in [6, 6.07) is 3.25. The van der Waals surface area contributed by atoms with Gasteiger partial charge in [0.2, 0.25) is 0 Å². The summed E-state index contributed by atoms with van der Waals surface area (Å²) in [5.74, 6) is 0.